The number of ketones is 1. The molecule has 0 aliphatic carbocycles. The molecule has 2 aromatic carbocycles. The van der Waals surface area contributed by atoms with Crippen LogP contribution in [0.3, 0.4) is 0 Å². The molecule has 1 radical (unpaired) electrons. The van der Waals surface area contributed by atoms with Gasteiger partial charge in [0.05, 0.1) is 12.2 Å². The zero-order valence-corrected chi connectivity index (χ0v) is 18.5. The number of hydrogen-bond acceptors (Lipinski definition) is 7. The molecule has 0 amide bonds. The van der Waals surface area contributed by atoms with Gasteiger partial charge in [-0.3, -0.25) is 14.4 Å². The molecule has 32 heavy (non-hydrogen) atoms. The fourth-order valence-electron chi connectivity index (χ4n) is 3.79. The third-order valence-electron chi connectivity index (χ3n) is 5.52. The van der Waals surface area contributed by atoms with Gasteiger partial charge in [-0.2, -0.15) is 0 Å². The van der Waals surface area contributed by atoms with E-state index in [1.807, 2.05) is 54.6 Å². The topological polar surface area (TPSA) is 98.8 Å². The summed E-state index contributed by atoms with van der Waals surface area (Å²) >= 11 is 0. The summed E-state index contributed by atoms with van der Waals surface area (Å²) in [6.45, 7) is 6.42. The molecule has 165 valence electrons. The number of rotatable bonds is 8. The van der Waals surface area contributed by atoms with E-state index in [2.05, 4.69) is 5.23 Å². The van der Waals surface area contributed by atoms with Crippen LogP contribution >= 0.6 is 0 Å². The Morgan fingerprint density at radius 3 is 2.06 bits per heavy atom. The van der Waals surface area contributed by atoms with Crippen LogP contribution in [-0.2, 0) is 34.1 Å². The third-order valence-corrected chi connectivity index (χ3v) is 5.52. The normalized spacial score (nSPS) is 17.1. The molecule has 0 spiro atoms. The number of Topliss-reactive ketones (excluding diaryl/α,β-unsaturated/α-hetero) is 1. The Balaban J connectivity index is 1.92. The highest BCUT2D eigenvalue weighted by atomic mass is 16.7. The van der Waals surface area contributed by atoms with Crippen molar-refractivity contribution in [2.45, 2.75) is 44.9 Å². The van der Waals surface area contributed by atoms with Gasteiger partial charge in [0.2, 0.25) is 5.92 Å². The predicted molar refractivity (Wildman–Crippen MR) is 119 cm³/mol. The zero-order valence-electron chi connectivity index (χ0n) is 18.5. The molecule has 0 aromatic heterocycles. The second-order valence-corrected chi connectivity index (χ2v) is 8.64. The van der Waals surface area contributed by atoms with Crippen LogP contribution in [0.25, 0.3) is 11.1 Å². The number of ether oxygens (including phenoxy) is 2. The molecule has 1 fully saturated rings. The lowest BCUT2D eigenvalue weighted by Gasteiger charge is -2.38. The number of carbonyl (C=O) groups excluding carboxylic acids is 4. The Morgan fingerprint density at radius 1 is 1.00 bits per heavy atom. The summed E-state index contributed by atoms with van der Waals surface area (Å²) in [5, 5.41) is 2.76. The largest absolute Gasteiger partial charge is 0.422 e. The van der Waals surface area contributed by atoms with Gasteiger partial charge in [-0.1, -0.05) is 68.4 Å². The third kappa shape index (κ3) is 4.80. The maximum atomic E-state index is 13.3. The highest BCUT2D eigenvalue weighted by Crippen LogP contribution is 2.33. The van der Waals surface area contributed by atoms with Crippen molar-refractivity contribution >= 4 is 31.3 Å². The van der Waals surface area contributed by atoms with Crippen molar-refractivity contribution in [3.05, 3.63) is 60.2 Å². The van der Waals surface area contributed by atoms with E-state index in [4.69, 9.17) is 9.47 Å². The van der Waals surface area contributed by atoms with Crippen LogP contribution in [0.5, 0.6) is 0 Å². The second kappa shape index (κ2) is 9.08. The number of cyclic esters (lactones) is 2. The SMILES string of the molecule is CC1(C)OC(=O)C(C(=O)[C@H](N[B]C=O)C(C)(C)c2ccc(-c3ccccc3)cc2)C(=O)O1. The quantitative estimate of drug-likeness (QED) is 0.295. The molecule has 1 heterocycles. The fraction of sp³-hybridized carbons (Fsp3) is 0.333. The molecule has 1 saturated heterocycles. The van der Waals surface area contributed by atoms with Crippen LogP contribution in [0, 0.1) is 5.92 Å². The summed E-state index contributed by atoms with van der Waals surface area (Å²) in [5.41, 5.74) is 1.94. The second-order valence-electron chi connectivity index (χ2n) is 8.64. The van der Waals surface area contributed by atoms with Gasteiger partial charge in [-0.05, 0) is 16.7 Å². The summed E-state index contributed by atoms with van der Waals surface area (Å²) < 4.78 is 10.2. The maximum absolute atomic E-state index is 13.3. The molecule has 0 unspecified atom stereocenters. The molecule has 3 rings (SSSR count). The Morgan fingerprint density at radius 2 is 1.53 bits per heavy atom. The maximum Gasteiger partial charge on any atom is 0.331 e. The van der Waals surface area contributed by atoms with Gasteiger partial charge in [0.15, 0.2) is 5.78 Å². The zero-order chi connectivity index (χ0) is 23.5. The van der Waals surface area contributed by atoms with E-state index in [1.165, 1.54) is 13.8 Å². The van der Waals surface area contributed by atoms with Gasteiger partial charge in [0, 0.05) is 19.3 Å². The summed E-state index contributed by atoms with van der Waals surface area (Å²) in [4.78, 5) is 49.2. The van der Waals surface area contributed by atoms with Gasteiger partial charge in [-0.25, -0.2) is 0 Å². The van der Waals surface area contributed by atoms with Crippen LogP contribution in [0.1, 0.15) is 33.3 Å². The Kier molecular flexibility index (Phi) is 6.64. The highest BCUT2D eigenvalue weighted by molar-refractivity contribution is 6.64. The van der Waals surface area contributed by atoms with Gasteiger partial charge in [0.25, 0.3) is 13.2 Å². The van der Waals surface area contributed by atoms with Crippen molar-refractivity contribution in [3.63, 3.8) is 0 Å². The molecule has 1 aliphatic heterocycles. The first-order valence-electron chi connectivity index (χ1n) is 10.3. The average Bonchev–Trinajstić information content (AvgIpc) is 2.73. The Hall–Kier alpha value is -3.26. The van der Waals surface area contributed by atoms with Gasteiger partial charge in [-0.15, -0.1) is 0 Å². The van der Waals surface area contributed by atoms with Crippen molar-refractivity contribution in [3.8, 4) is 11.1 Å². The molecule has 0 bridgehead atoms. The van der Waals surface area contributed by atoms with Crippen LogP contribution < -0.4 is 5.23 Å². The number of benzene rings is 2. The van der Waals surface area contributed by atoms with Gasteiger partial charge in [0.1, 0.15) is 0 Å². The first-order chi connectivity index (χ1) is 15.1. The highest BCUT2D eigenvalue weighted by Gasteiger charge is 2.51. The van der Waals surface area contributed by atoms with E-state index in [-0.39, 0.29) is 0 Å². The van der Waals surface area contributed by atoms with Crippen molar-refractivity contribution in [1.82, 2.24) is 5.23 Å². The molecular weight excluding hydrogens is 409 g/mol. The van der Waals surface area contributed by atoms with Crippen molar-refractivity contribution in [1.29, 1.82) is 0 Å². The number of esters is 2. The van der Waals surface area contributed by atoms with E-state index in [0.717, 1.165) is 24.1 Å². The number of nitrogens with one attached hydrogen (secondary N) is 1. The molecular formula is C24H25BNO6. The van der Waals surface area contributed by atoms with Crippen molar-refractivity contribution in [2.75, 3.05) is 0 Å². The summed E-state index contributed by atoms with van der Waals surface area (Å²) in [6, 6.07) is 16.4. The minimum absolute atomic E-state index is 0.496. The van der Waals surface area contributed by atoms with Crippen molar-refractivity contribution in [2.24, 2.45) is 5.92 Å². The fourth-order valence-corrected chi connectivity index (χ4v) is 3.79. The van der Waals surface area contributed by atoms with Crippen LogP contribution in [0.4, 0.5) is 0 Å². The summed E-state index contributed by atoms with van der Waals surface area (Å²) in [6.07, 6.45) is 0.496. The number of hydrogen-bond donors (Lipinski definition) is 1. The molecule has 2 aromatic rings. The minimum Gasteiger partial charge on any atom is -0.422 e. The summed E-state index contributed by atoms with van der Waals surface area (Å²) in [5.74, 6) is -5.84. The van der Waals surface area contributed by atoms with Gasteiger partial charge < -0.3 is 19.5 Å². The molecule has 1 aliphatic rings. The lowest BCUT2D eigenvalue weighted by molar-refractivity contribution is -0.238. The van der Waals surface area contributed by atoms with Crippen LogP contribution in [0.2, 0.25) is 0 Å². The van der Waals surface area contributed by atoms with Crippen LogP contribution in [0.15, 0.2) is 54.6 Å². The lowest BCUT2D eigenvalue weighted by atomic mass is 9.71. The predicted octanol–water partition coefficient (Wildman–Crippen LogP) is 2.42. The molecule has 1 N–H and O–H groups in total. The molecule has 0 saturated carbocycles. The smallest absolute Gasteiger partial charge is 0.331 e. The first kappa shape index (κ1) is 23.4. The van der Waals surface area contributed by atoms with E-state index in [0.29, 0.717) is 6.19 Å². The monoisotopic (exact) mass is 434 g/mol. The Bertz CT molecular complexity index is 997. The van der Waals surface area contributed by atoms with E-state index in [9.17, 15) is 19.2 Å². The van der Waals surface area contributed by atoms with E-state index >= 15 is 0 Å². The average molecular weight is 434 g/mol. The van der Waals surface area contributed by atoms with Gasteiger partial charge >= 0.3 is 11.9 Å². The van der Waals surface area contributed by atoms with E-state index < -0.39 is 40.9 Å². The molecule has 1 atom stereocenters. The summed E-state index contributed by atoms with van der Waals surface area (Å²) in [7, 11) is 1.08. The Labute approximate surface area is 187 Å². The van der Waals surface area contributed by atoms with Crippen LogP contribution in [-0.4, -0.2) is 43.2 Å². The molecule has 7 nitrogen and oxygen atoms in total. The number of carbonyl (C=O) groups is 4. The van der Waals surface area contributed by atoms with Crippen molar-refractivity contribution < 1.29 is 28.7 Å². The molecule has 8 heteroatoms. The lowest BCUT2D eigenvalue weighted by Crippen LogP contribution is -2.59. The van der Waals surface area contributed by atoms with E-state index in [1.54, 1.807) is 13.8 Å². The standard InChI is InChI=1S/C24H25BNO6/c1-23(2,17-12-10-16(11-13-17)15-8-6-5-7-9-15)20(26-25-14-27)19(28)18-21(29)31-24(3,4)32-22(18)30/h5-14,18,20,26H,1-4H3/t20-/m0/s1. The minimum atomic E-state index is -1.73. The first-order valence-corrected chi connectivity index (χ1v) is 10.3.